The van der Waals surface area contributed by atoms with Gasteiger partial charge in [0.2, 0.25) is 5.75 Å². The molecular weight excluding hydrogens is 587 g/mol. The molecule has 1 aliphatic rings. The summed E-state index contributed by atoms with van der Waals surface area (Å²) in [5.41, 5.74) is 6.20. The van der Waals surface area contributed by atoms with Gasteiger partial charge in [0.25, 0.3) is 0 Å². The summed E-state index contributed by atoms with van der Waals surface area (Å²) in [5, 5.41) is 3.02. The quantitative estimate of drug-likeness (QED) is 0.128. The second-order valence-electron chi connectivity index (χ2n) is 10.3. The van der Waals surface area contributed by atoms with Gasteiger partial charge in [-0.05, 0) is 97.4 Å². The molecule has 0 atom stereocenters. The monoisotopic (exact) mass is 636 g/mol. The third-order valence-electron chi connectivity index (χ3n) is 6.73. The summed E-state index contributed by atoms with van der Waals surface area (Å²) in [7, 11) is 10.7. The van der Waals surface area contributed by atoms with E-state index >= 15 is 0 Å². The van der Waals surface area contributed by atoms with E-state index in [-0.39, 0.29) is 25.3 Å². The molecule has 0 aliphatic heterocycles. The molecule has 2 aromatic carbocycles. The molecule has 0 heterocycles. The number of carbonyl (C=O) groups is 2. The van der Waals surface area contributed by atoms with Crippen LogP contribution in [0.4, 0.5) is 4.39 Å². The van der Waals surface area contributed by atoms with Gasteiger partial charge in [-0.25, -0.2) is 4.39 Å². The lowest BCUT2D eigenvalue weighted by molar-refractivity contribution is -0.108. The molecule has 1 N–H and O–H groups in total. The lowest BCUT2D eigenvalue weighted by Gasteiger charge is -2.15. The summed E-state index contributed by atoms with van der Waals surface area (Å²) >= 11 is 0. The predicted octanol–water partition coefficient (Wildman–Crippen LogP) is 6.43. The topological polar surface area (TPSA) is 86.3 Å². The van der Waals surface area contributed by atoms with Gasteiger partial charge in [-0.3, -0.25) is 0 Å². The third-order valence-corrected chi connectivity index (χ3v) is 6.73. The molecule has 3 rings (SSSR count). The van der Waals surface area contributed by atoms with Crippen LogP contribution < -0.4 is 19.5 Å². The molecule has 2 aromatic rings. The largest absolute Gasteiger partial charge is 0.493 e. The number of benzene rings is 2. The van der Waals surface area contributed by atoms with Gasteiger partial charge in [0.15, 0.2) is 11.5 Å². The van der Waals surface area contributed by atoms with Crippen molar-refractivity contribution in [2.75, 3.05) is 68.8 Å². The highest BCUT2D eigenvalue weighted by atomic mass is 19.1. The van der Waals surface area contributed by atoms with Crippen molar-refractivity contribution in [1.29, 1.82) is 0 Å². The molecule has 8 nitrogen and oxygen atoms in total. The van der Waals surface area contributed by atoms with E-state index in [0.29, 0.717) is 17.2 Å². The van der Waals surface area contributed by atoms with Gasteiger partial charge in [0, 0.05) is 33.0 Å². The first-order valence-electron chi connectivity index (χ1n) is 14.9. The summed E-state index contributed by atoms with van der Waals surface area (Å²) < 4.78 is 35.2. The van der Waals surface area contributed by atoms with Gasteiger partial charge in [-0.1, -0.05) is 37.5 Å². The van der Waals surface area contributed by atoms with E-state index in [9.17, 15) is 14.0 Å². The average molecular weight is 637 g/mol. The van der Waals surface area contributed by atoms with Gasteiger partial charge in [-0.2, -0.15) is 0 Å². The number of hydrogen-bond acceptors (Lipinski definition) is 8. The molecule has 1 aliphatic carbocycles. The van der Waals surface area contributed by atoms with Crippen molar-refractivity contribution in [3.63, 3.8) is 0 Å². The van der Waals surface area contributed by atoms with Crippen LogP contribution in [0.25, 0.3) is 17.2 Å². The maximum Gasteiger partial charge on any atom is 0.203 e. The number of carbonyl (C=O) groups excluding carboxylic acids is 2. The van der Waals surface area contributed by atoms with Gasteiger partial charge in [0.05, 0.1) is 27.4 Å². The Morgan fingerprint density at radius 2 is 1.65 bits per heavy atom. The minimum Gasteiger partial charge on any atom is -0.493 e. The summed E-state index contributed by atoms with van der Waals surface area (Å²) in [6.45, 7) is 12.1. The summed E-state index contributed by atoms with van der Waals surface area (Å²) in [6.07, 6.45) is 9.54. The van der Waals surface area contributed by atoms with Crippen molar-refractivity contribution in [2.45, 2.75) is 19.8 Å². The molecule has 0 saturated carbocycles. The van der Waals surface area contributed by atoms with Gasteiger partial charge < -0.3 is 38.8 Å². The normalized spacial score (nSPS) is 12.8. The number of nitrogens with zero attached hydrogens (tertiary/aromatic N) is 1. The number of aldehydes is 2. The van der Waals surface area contributed by atoms with Crippen LogP contribution in [0.1, 0.15) is 36.5 Å². The van der Waals surface area contributed by atoms with E-state index in [1.54, 1.807) is 31.4 Å². The highest BCUT2D eigenvalue weighted by molar-refractivity contribution is 6.06. The van der Waals surface area contributed by atoms with Crippen LogP contribution in [0.2, 0.25) is 0 Å². The first-order valence-corrected chi connectivity index (χ1v) is 14.9. The molecule has 0 radical (unpaired) electrons. The Kier molecular flexibility index (Phi) is 19.2. The van der Waals surface area contributed by atoms with Crippen LogP contribution in [0, 0.1) is 5.82 Å². The Balaban J connectivity index is 0.000000545. The van der Waals surface area contributed by atoms with Crippen molar-refractivity contribution in [3.05, 3.63) is 95.4 Å². The zero-order chi connectivity index (χ0) is 34.5. The first-order chi connectivity index (χ1) is 22.1. The fraction of sp³-hybridized carbons (Fsp3) is 0.351. The SMILES string of the molecule is C=C/C=C(\C=C)CNC.COCCN(C)C.COc1cc(/C=C2/C(C)=C(CC=O)c3cc(F)ccc32)cc(OC)c1OCCC=O. The molecule has 0 aromatic heterocycles. The average Bonchev–Trinajstić information content (AvgIpc) is 3.29. The standard InChI is InChI=1S/C24H23FO5.C8H13N.C5H13NO/c1-15-18(7-9-27)21-14-17(25)5-6-19(21)20(15)11-16-12-22(28-2)24(23(13-16)29-3)30-10-4-8-26;1-4-6-8(5-2)7-9-3;1-6(2)4-5-7-3/h5-6,8-9,11-14H,4,7,10H2,1-3H3;4-6,9H,1-2,7H2,3H3;4-5H2,1-3H3/b20-11-;8-6+;. The summed E-state index contributed by atoms with van der Waals surface area (Å²) in [5.74, 6) is 1.02. The number of methoxy groups -OCH3 is 3. The number of likely N-dealkylation sites (N-methyl/N-ethyl adjacent to an activating group) is 2. The molecule has 0 spiro atoms. The first kappa shape index (κ1) is 39.7. The molecule has 46 heavy (non-hydrogen) atoms. The fourth-order valence-corrected chi connectivity index (χ4v) is 4.43. The Labute approximate surface area is 273 Å². The van der Waals surface area contributed by atoms with Gasteiger partial charge in [0.1, 0.15) is 18.4 Å². The molecular formula is C37H49FN2O6. The second-order valence-corrected chi connectivity index (χ2v) is 10.3. The van der Waals surface area contributed by atoms with Crippen molar-refractivity contribution >= 4 is 29.8 Å². The van der Waals surface area contributed by atoms with Crippen LogP contribution in [0.3, 0.4) is 0 Å². The van der Waals surface area contributed by atoms with Gasteiger partial charge >= 0.3 is 0 Å². The number of nitrogens with one attached hydrogen (secondary N) is 1. The number of allylic oxidation sites excluding steroid dienone is 5. The summed E-state index contributed by atoms with van der Waals surface area (Å²) in [6, 6.07) is 8.21. The van der Waals surface area contributed by atoms with Crippen LogP contribution in [-0.2, 0) is 14.3 Å². The van der Waals surface area contributed by atoms with Gasteiger partial charge in [-0.15, -0.1) is 0 Å². The van der Waals surface area contributed by atoms with E-state index < -0.39 is 0 Å². The maximum absolute atomic E-state index is 13.8. The Bertz CT molecular complexity index is 1370. The summed E-state index contributed by atoms with van der Waals surface area (Å²) in [4.78, 5) is 23.8. The van der Waals surface area contributed by atoms with E-state index in [1.807, 2.05) is 46.3 Å². The highest BCUT2D eigenvalue weighted by Gasteiger charge is 2.24. The van der Waals surface area contributed by atoms with Crippen LogP contribution >= 0.6 is 0 Å². The zero-order valence-electron chi connectivity index (χ0n) is 28.3. The number of rotatable bonds is 16. The zero-order valence-corrected chi connectivity index (χ0v) is 28.3. The molecule has 0 bridgehead atoms. The minimum atomic E-state index is -0.341. The minimum absolute atomic E-state index is 0.215. The number of hydrogen-bond donors (Lipinski definition) is 1. The van der Waals surface area contributed by atoms with E-state index in [4.69, 9.17) is 18.9 Å². The van der Waals surface area contributed by atoms with Crippen LogP contribution in [0.5, 0.6) is 17.2 Å². The lowest BCUT2D eigenvalue weighted by Crippen LogP contribution is -2.16. The van der Waals surface area contributed by atoms with E-state index in [2.05, 4.69) is 23.4 Å². The van der Waals surface area contributed by atoms with Crippen LogP contribution in [0.15, 0.2) is 72.9 Å². The molecule has 250 valence electrons. The Morgan fingerprint density at radius 3 is 2.13 bits per heavy atom. The van der Waals surface area contributed by atoms with Crippen molar-refractivity contribution in [3.8, 4) is 17.2 Å². The predicted molar refractivity (Wildman–Crippen MR) is 186 cm³/mol. The molecule has 0 saturated heterocycles. The fourth-order valence-electron chi connectivity index (χ4n) is 4.43. The Hall–Kier alpha value is -4.31. The molecule has 9 heteroatoms. The maximum atomic E-state index is 13.8. The van der Waals surface area contributed by atoms with Crippen molar-refractivity contribution in [1.82, 2.24) is 10.2 Å². The Morgan fingerprint density at radius 1 is 0.978 bits per heavy atom. The smallest absolute Gasteiger partial charge is 0.203 e. The molecule has 0 unspecified atom stereocenters. The van der Waals surface area contributed by atoms with E-state index in [1.165, 1.54) is 26.4 Å². The lowest BCUT2D eigenvalue weighted by atomic mass is 10.00. The van der Waals surface area contributed by atoms with Crippen molar-refractivity contribution in [2.24, 2.45) is 0 Å². The number of fused-ring (bicyclic) bond motifs is 1. The number of halogens is 1. The second kappa shape index (κ2) is 22.2. The van der Waals surface area contributed by atoms with Crippen LogP contribution in [-0.4, -0.2) is 86.2 Å². The van der Waals surface area contributed by atoms with Crippen molar-refractivity contribution < 1.29 is 32.9 Å². The molecule has 0 amide bonds. The molecule has 0 fully saturated rings. The van der Waals surface area contributed by atoms with E-state index in [0.717, 1.165) is 71.3 Å². The highest BCUT2D eigenvalue weighted by Crippen LogP contribution is 2.45. The third kappa shape index (κ3) is 12.6. The number of ether oxygens (including phenoxy) is 4.